The third-order valence-electron chi connectivity index (χ3n) is 5.69. The Morgan fingerprint density at radius 2 is 1.82 bits per heavy atom. The fraction of sp³-hybridized carbons (Fsp3) is 0.500. The van der Waals surface area contributed by atoms with Crippen molar-refractivity contribution >= 4 is 18.3 Å². The lowest BCUT2D eigenvalue weighted by molar-refractivity contribution is 0.0772. The molecule has 2 aromatic rings. The predicted octanol–water partition coefficient (Wildman–Crippen LogP) is 2.17. The first kappa shape index (κ1) is 20.8. The molecule has 0 aliphatic carbocycles. The van der Waals surface area contributed by atoms with Gasteiger partial charge >= 0.3 is 0 Å². The molecule has 6 nitrogen and oxygen atoms in total. The molecule has 2 aliphatic heterocycles. The molecule has 2 saturated heterocycles. The fourth-order valence-electron chi connectivity index (χ4n) is 4.22. The summed E-state index contributed by atoms with van der Waals surface area (Å²) >= 11 is 0. The van der Waals surface area contributed by atoms with Gasteiger partial charge in [0.05, 0.1) is 22.6 Å². The number of hydrogen-bond acceptors (Lipinski definition) is 4. The Morgan fingerprint density at radius 3 is 2.50 bits per heavy atom. The molecule has 28 heavy (non-hydrogen) atoms. The molecule has 1 aromatic carbocycles. The zero-order valence-electron chi connectivity index (χ0n) is 16.3. The van der Waals surface area contributed by atoms with Crippen LogP contribution in [0, 0.1) is 19.7 Å². The summed E-state index contributed by atoms with van der Waals surface area (Å²) in [4.78, 5) is 17.6. The van der Waals surface area contributed by atoms with E-state index in [0.29, 0.717) is 17.3 Å². The predicted molar refractivity (Wildman–Crippen MR) is 109 cm³/mol. The van der Waals surface area contributed by atoms with E-state index in [9.17, 15) is 9.18 Å². The van der Waals surface area contributed by atoms with Crippen LogP contribution in [0.5, 0.6) is 0 Å². The van der Waals surface area contributed by atoms with E-state index in [1.807, 2.05) is 18.7 Å². The molecule has 1 amide bonds. The summed E-state index contributed by atoms with van der Waals surface area (Å²) in [6, 6.07) is 6.62. The first-order valence-electron chi connectivity index (χ1n) is 9.61. The number of carbonyl (C=O) groups is 1. The number of aromatic nitrogens is 2. The topological polar surface area (TPSA) is 53.4 Å². The van der Waals surface area contributed by atoms with Gasteiger partial charge in [0.25, 0.3) is 5.91 Å². The molecule has 4 rings (SSSR count). The average molecular weight is 408 g/mol. The molecule has 1 atom stereocenters. The maximum atomic E-state index is 13.2. The number of piperazine rings is 1. The lowest BCUT2D eigenvalue weighted by Gasteiger charge is -2.32. The van der Waals surface area contributed by atoms with Crippen LogP contribution < -0.4 is 5.32 Å². The molecule has 152 valence electrons. The standard InChI is InChI=1S/C20H26FN5O.ClH/c1-14-19(15(2)26(23-14)17-5-3-16(21)4-6-17)20(27)25-10-7-18(13-25)24-11-8-22-9-12-24;/h3-6,18,22H,7-13H2,1-2H3;1H. The van der Waals surface area contributed by atoms with Gasteiger partial charge in [-0.2, -0.15) is 5.10 Å². The maximum absolute atomic E-state index is 13.2. The molecule has 0 radical (unpaired) electrons. The number of likely N-dealkylation sites (tertiary alicyclic amines) is 1. The lowest BCUT2D eigenvalue weighted by atomic mass is 10.1. The number of benzene rings is 1. The number of nitrogens with one attached hydrogen (secondary N) is 1. The van der Waals surface area contributed by atoms with Crippen molar-refractivity contribution in [3.8, 4) is 5.69 Å². The molecule has 0 spiro atoms. The van der Waals surface area contributed by atoms with E-state index in [0.717, 1.165) is 57.1 Å². The second-order valence-corrected chi connectivity index (χ2v) is 7.41. The molecule has 0 bridgehead atoms. The highest BCUT2D eigenvalue weighted by Gasteiger charge is 2.33. The van der Waals surface area contributed by atoms with Crippen LogP contribution in [0.2, 0.25) is 0 Å². The van der Waals surface area contributed by atoms with Crippen LogP contribution in [-0.4, -0.2) is 70.8 Å². The molecular weight excluding hydrogens is 381 g/mol. The molecule has 8 heteroatoms. The highest BCUT2D eigenvalue weighted by atomic mass is 35.5. The van der Waals surface area contributed by atoms with E-state index in [1.165, 1.54) is 12.1 Å². The summed E-state index contributed by atoms with van der Waals surface area (Å²) in [5.74, 6) is -0.233. The van der Waals surface area contributed by atoms with Crippen molar-refractivity contribution in [2.75, 3.05) is 39.3 Å². The number of carbonyl (C=O) groups excluding carboxylic acids is 1. The Kier molecular flexibility index (Phi) is 6.37. The minimum atomic E-state index is -0.285. The zero-order chi connectivity index (χ0) is 19.0. The molecule has 3 heterocycles. The average Bonchev–Trinajstić information content (AvgIpc) is 3.28. The molecule has 0 saturated carbocycles. The van der Waals surface area contributed by atoms with Crippen molar-refractivity contribution in [3.05, 3.63) is 47.0 Å². The second-order valence-electron chi connectivity index (χ2n) is 7.41. The number of aryl methyl sites for hydroxylation is 1. The monoisotopic (exact) mass is 407 g/mol. The van der Waals surface area contributed by atoms with E-state index in [2.05, 4.69) is 15.3 Å². The summed E-state index contributed by atoms with van der Waals surface area (Å²) in [5, 5.41) is 7.92. The Hall–Kier alpha value is -1.96. The van der Waals surface area contributed by atoms with Gasteiger partial charge in [0.1, 0.15) is 5.82 Å². The molecule has 2 fully saturated rings. The van der Waals surface area contributed by atoms with Gasteiger partial charge in [-0.1, -0.05) is 0 Å². The van der Waals surface area contributed by atoms with E-state index in [-0.39, 0.29) is 24.1 Å². The Morgan fingerprint density at radius 1 is 1.14 bits per heavy atom. The third-order valence-corrected chi connectivity index (χ3v) is 5.69. The molecular formula is C20H27ClFN5O. The lowest BCUT2D eigenvalue weighted by Crippen LogP contribution is -2.49. The maximum Gasteiger partial charge on any atom is 0.257 e. The van der Waals surface area contributed by atoms with E-state index < -0.39 is 0 Å². The minimum Gasteiger partial charge on any atom is -0.337 e. The van der Waals surface area contributed by atoms with Gasteiger partial charge in [0.2, 0.25) is 0 Å². The molecule has 1 unspecified atom stereocenters. The van der Waals surface area contributed by atoms with Gasteiger partial charge in [0, 0.05) is 45.3 Å². The van der Waals surface area contributed by atoms with E-state index in [4.69, 9.17) is 0 Å². The van der Waals surface area contributed by atoms with Crippen LogP contribution in [0.25, 0.3) is 5.69 Å². The first-order valence-corrected chi connectivity index (χ1v) is 9.61. The van der Waals surface area contributed by atoms with Crippen LogP contribution in [-0.2, 0) is 0 Å². The van der Waals surface area contributed by atoms with Crippen LogP contribution in [0.15, 0.2) is 24.3 Å². The summed E-state index contributed by atoms with van der Waals surface area (Å²) < 4.78 is 14.9. The van der Waals surface area contributed by atoms with Crippen molar-refractivity contribution in [1.82, 2.24) is 24.9 Å². The largest absolute Gasteiger partial charge is 0.337 e. The molecule has 2 aliphatic rings. The second kappa shape index (κ2) is 8.59. The minimum absolute atomic E-state index is 0. The van der Waals surface area contributed by atoms with Crippen molar-refractivity contribution < 1.29 is 9.18 Å². The summed E-state index contributed by atoms with van der Waals surface area (Å²) in [5.41, 5.74) is 2.94. The van der Waals surface area contributed by atoms with Crippen LogP contribution in [0.3, 0.4) is 0 Å². The highest BCUT2D eigenvalue weighted by Crippen LogP contribution is 2.23. The summed E-state index contributed by atoms with van der Waals surface area (Å²) in [7, 11) is 0. The third kappa shape index (κ3) is 3.92. The quantitative estimate of drug-likeness (QED) is 0.847. The Labute approximate surface area is 171 Å². The van der Waals surface area contributed by atoms with Gasteiger partial charge in [0.15, 0.2) is 0 Å². The number of hydrogen-bond donors (Lipinski definition) is 1. The van der Waals surface area contributed by atoms with Gasteiger partial charge in [-0.15, -0.1) is 12.4 Å². The van der Waals surface area contributed by atoms with Crippen molar-refractivity contribution in [2.45, 2.75) is 26.3 Å². The smallest absolute Gasteiger partial charge is 0.257 e. The summed E-state index contributed by atoms with van der Waals surface area (Å²) in [6.07, 6.45) is 1.02. The van der Waals surface area contributed by atoms with Gasteiger partial charge in [-0.05, 0) is 44.5 Å². The number of nitrogens with zero attached hydrogens (tertiary/aromatic N) is 4. The molecule has 1 N–H and O–H groups in total. The number of halogens is 2. The van der Waals surface area contributed by atoms with Crippen molar-refractivity contribution in [3.63, 3.8) is 0 Å². The normalized spacial score (nSPS) is 20.2. The van der Waals surface area contributed by atoms with Crippen LogP contribution >= 0.6 is 12.4 Å². The number of rotatable bonds is 3. The van der Waals surface area contributed by atoms with Crippen molar-refractivity contribution in [2.24, 2.45) is 0 Å². The molecule has 1 aromatic heterocycles. The van der Waals surface area contributed by atoms with E-state index >= 15 is 0 Å². The Balaban J connectivity index is 0.00000225. The van der Waals surface area contributed by atoms with Crippen LogP contribution in [0.4, 0.5) is 4.39 Å². The SMILES string of the molecule is Cc1nn(-c2ccc(F)cc2)c(C)c1C(=O)N1CCC(N2CCNCC2)C1.Cl. The summed E-state index contributed by atoms with van der Waals surface area (Å²) in [6.45, 7) is 9.47. The van der Waals surface area contributed by atoms with Crippen molar-refractivity contribution in [1.29, 1.82) is 0 Å². The van der Waals surface area contributed by atoms with E-state index in [1.54, 1.807) is 16.8 Å². The van der Waals surface area contributed by atoms with Crippen LogP contribution in [0.1, 0.15) is 28.2 Å². The van der Waals surface area contributed by atoms with Gasteiger partial charge < -0.3 is 10.2 Å². The fourth-order valence-corrected chi connectivity index (χ4v) is 4.22. The number of amides is 1. The van der Waals surface area contributed by atoms with Gasteiger partial charge in [-0.25, -0.2) is 9.07 Å². The zero-order valence-corrected chi connectivity index (χ0v) is 17.1. The van der Waals surface area contributed by atoms with Gasteiger partial charge in [-0.3, -0.25) is 9.69 Å². The Bertz CT molecular complexity index is 832. The first-order chi connectivity index (χ1) is 13.0. The highest BCUT2D eigenvalue weighted by molar-refractivity contribution is 5.96.